The van der Waals surface area contributed by atoms with Crippen molar-refractivity contribution in [3.63, 3.8) is 0 Å². The summed E-state index contributed by atoms with van der Waals surface area (Å²) in [6, 6.07) is 0. The molecule has 0 atom stereocenters. The van der Waals surface area contributed by atoms with Crippen LogP contribution in [0.25, 0.3) is 0 Å². The maximum Gasteiger partial charge on any atom is -0.000469 e. The fraction of sp³-hybridized carbons (Fsp3) is 0.769. The van der Waals surface area contributed by atoms with Gasteiger partial charge in [0.05, 0.1) is 0 Å². The lowest BCUT2D eigenvalue weighted by molar-refractivity contribution is 0.571. The molecular formula is C13H25. The van der Waals surface area contributed by atoms with Crippen LogP contribution in [0.15, 0.2) is 12.7 Å². The first-order valence-corrected chi connectivity index (χ1v) is 5.70. The normalized spacial score (nSPS) is 11.2. The van der Waals surface area contributed by atoms with Gasteiger partial charge in [-0.3, -0.25) is 0 Å². The van der Waals surface area contributed by atoms with E-state index in [0.29, 0.717) is 5.92 Å². The Bertz CT molecular complexity index is 113. The van der Waals surface area contributed by atoms with Gasteiger partial charge in [0.1, 0.15) is 0 Å². The summed E-state index contributed by atoms with van der Waals surface area (Å²) in [4.78, 5) is 0. The van der Waals surface area contributed by atoms with Crippen LogP contribution < -0.4 is 0 Å². The van der Waals surface area contributed by atoms with Crippen molar-refractivity contribution in [2.24, 2.45) is 5.92 Å². The van der Waals surface area contributed by atoms with E-state index < -0.39 is 0 Å². The Morgan fingerprint density at radius 2 is 1.77 bits per heavy atom. The predicted octanol–water partition coefficient (Wildman–Crippen LogP) is 4.76. The number of unbranched alkanes of at least 4 members (excludes halogenated alkanes) is 4. The fourth-order valence-electron chi connectivity index (χ4n) is 1.56. The third-order valence-corrected chi connectivity index (χ3v) is 2.57. The number of hydrogen-bond donors (Lipinski definition) is 0. The van der Waals surface area contributed by atoms with Gasteiger partial charge in [-0.25, -0.2) is 0 Å². The Kier molecular flexibility index (Phi) is 8.18. The minimum atomic E-state index is 0.684. The van der Waals surface area contributed by atoms with Crippen molar-refractivity contribution in [2.75, 3.05) is 0 Å². The Morgan fingerprint density at radius 3 is 2.23 bits per heavy atom. The lowest BCUT2D eigenvalue weighted by Crippen LogP contribution is -2.02. The molecule has 0 rings (SSSR count). The maximum atomic E-state index is 3.86. The third-order valence-electron chi connectivity index (χ3n) is 2.57. The molecule has 0 aromatic carbocycles. The standard InChI is InChI=1S/C13H25/c1-5-7-8-9-10-11-13(6-2)12(3)4/h6,12H,2,5,7-11H2,1,3-4H3. The summed E-state index contributed by atoms with van der Waals surface area (Å²) in [6.45, 7) is 10.6. The van der Waals surface area contributed by atoms with Gasteiger partial charge >= 0.3 is 0 Å². The van der Waals surface area contributed by atoms with Crippen LogP contribution in [0.4, 0.5) is 0 Å². The van der Waals surface area contributed by atoms with E-state index >= 15 is 0 Å². The predicted molar refractivity (Wildman–Crippen MR) is 61.7 cm³/mol. The molecule has 0 fully saturated rings. The highest BCUT2D eigenvalue weighted by Crippen LogP contribution is 2.21. The molecule has 0 unspecified atom stereocenters. The molecule has 0 aromatic heterocycles. The van der Waals surface area contributed by atoms with Crippen LogP contribution in [0.5, 0.6) is 0 Å². The Morgan fingerprint density at radius 1 is 1.15 bits per heavy atom. The van der Waals surface area contributed by atoms with E-state index in [0.717, 1.165) is 0 Å². The summed E-state index contributed by atoms with van der Waals surface area (Å²) in [5.41, 5.74) is 0. The molecule has 0 aliphatic carbocycles. The SMILES string of the molecule is C=C[C](CCCCCCC)C(C)C. The smallest absolute Gasteiger partial charge is 0.000469 e. The molecule has 13 heavy (non-hydrogen) atoms. The molecule has 0 heterocycles. The largest absolute Gasteiger partial charge is 0.102 e. The number of rotatable bonds is 8. The molecule has 0 saturated carbocycles. The molecule has 1 radical (unpaired) electrons. The second-order valence-electron chi connectivity index (χ2n) is 4.10. The Balaban J connectivity index is 3.33. The van der Waals surface area contributed by atoms with Crippen LogP contribution in [0.2, 0.25) is 0 Å². The van der Waals surface area contributed by atoms with Crippen molar-refractivity contribution < 1.29 is 0 Å². The number of allylic oxidation sites excluding steroid dienone is 1. The van der Waals surface area contributed by atoms with Gasteiger partial charge in [0.15, 0.2) is 0 Å². The second-order valence-corrected chi connectivity index (χ2v) is 4.10. The average molecular weight is 181 g/mol. The molecule has 0 N–H and O–H groups in total. The van der Waals surface area contributed by atoms with Crippen molar-refractivity contribution in [3.8, 4) is 0 Å². The first-order valence-electron chi connectivity index (χ1n) is 5.70. The average Bonchev–Trinajstić information content (AvgIpc) is 2.10. The Labute approximate surface area is 84.4 Å². The minimum absolute atomic E-state index is 0.684. The third kappa shape index (κ3) is 6.86. The van der Waals surface area contributed by atoms with E-state index in [1.807, 2.05) is 6.08 Å². The molecule has 0 amide bonds. The summed E-state index contributed by atoms with van der Waals surface area (Å²) in [5.74, 6) is 2.21. The highest BCUT2D eigenvalue weighted by molar-refractivity contribution is 5.07. The van der Waals surface area contributed by atoms with E-state index in [9.17, 15) is 0 Å². The van der Waals surface area contributed by atoms with Crippen molar-refractivity contribution in [1.29, 1.82) is 0 Å². The molecule has 0 aliphatic rings. The van der Waals surface area contributed by atoms with Crippen molar-refractivity contribution in [1.82, 2.24) is 0 Å². The first kappa shape index (κ1) is 12.7. The minimum Gasteiger partial charge on any atom is -0.102 e. The van der Waals surface area contributed by atoms with E-state index in [2.05, 4.69) is 27.4 Å². The van der Waals surface area contributed by atoms with Gasteiger partial charge in [0.25, 0.3) is 0 Å². The zero-order valence-corrected chi connectivity index (χ0v) is 9.60. The lowest BCUT2D eigenvalue weighted by atomic mass is 9.90. The Hall–Kier alpha value is -0.260. The van der Waals surface area contributed by atoms with Gasteiger partial charge in [-0.15, -0.1) is 6.58 Å². The van der Waals surface area contributed by atoms with Gasteiger partial charge < -0.3 is 0 Å². The topological polar surface area (TPSA) is 0 Å². The van der Waals surface area contributed by atoms with Crippen LogP contribution >= 0.6 is 0 Å². The van der Waals surface area contributed by atoms with Crippen LogP contribution in [-0.4, -0.2) is 0 Å². The molecule has 0 aromatic rings. The molecule has 0 bridgehead atoms. The molecule has 0 heteroatoms. The molecule has 0 nitrogen and oxygen atoms in total. The van der Waals surface area contributed by atoms with Crippen molar-refractivity contribution in [2.45, 2.75) is 59.3 Å². The summed E-state index contributed by atoms with van der Waals surface area (Å²) in [5, 5.41) is 0. The van der Waals surface area contributed by atoms with E-state index in [-0.39, 0.29) is 0 Å². The molecule has 77 valence electrons. The zero-order valence-electron chi connectivity index (χ0n) is 9.60. The fourth-order valence-corrected chi connectivity index (χ4v) is 1.56. The molecule has 0 aliphatic heterocycles. The van der Waals surface area contributed by atoms with Gasteiger partial charge in [-0.05, 0) is 18.3 Å². The summed E-state index contributed by atoms with van der Waals surface area (Å²) >= 11 is 0. The summed E-state index contributed by atoms with van der Waals surface area (Å²) < 4.78 is 0. The lowest BCUT2D eigenvalue weighted by Gasteiger charge is -2.15. The highest BCUT2D eigenvalue weighted by Gasteiger charge is 2.08. The van der Waals surface area contributed by atoms with Crippen LogP contribution in [0.1, 0.15) is 59.3 Å². The van der Waals surface area contributed by atoms with Crippen molar-refractivity contribution >= 4 is 0 Å². The number of hydrogen-bond acceptors (Lipinski definition) is 0. The van der Waals surface area contributed by atoms with Gasteiger partial charge in [0, 0.05) is 0 Å². The zero-order chi connectivity index (χ0) is 10.1. The molecule has 0 saturated heterocycles. The highest BCUT2D eigenvalue weighted by atomic mass is 14.1. The summed E-state index contributed by atoms with van der Waals surface area (Å²) in [6.07, 6.45) is 10.2. The van der Waals surface area contributed by atoms with E-state index in [1.54, 1.807) is 0 Å². The summed E-state index contributed by atoms with van der Waals surface area (Å²) in [7, 11) is 0. The van der Waals surface area contributed by atoms with Crippen molar-refractivity contribution in [3.05, 3.63) is 18.6 Å². The van der Waals surface area contributed by atoms with Gasteiger partial charge in [-0.1, -0.05) is 59.0 Å². The second kappa shape index (κ2) is 8.34. The first-order chi connectivity index (χ1) is 6.22. The van der Waals surface area contributed by atoms with Gasteiger partial charge in [0.2, 0.25) is 0 Å². The van der Waals surface area contributed by atoms with Crippen LogP contribution in [0.3, 0.4) is 0 Å². The van der Waals surface area contributed by atoms with E-state index in [4.69, 9.17) is 0 Å². The monoisotopic (exact) mass is 181 g/mol. The quantitative estimate of drug-likeness (QED) is 0.473. The van der Waals surface area contributed by atoms with Crippen LogP contribution in [0, 0.1) is 11.8 Å². The van der Waals surface area contributed by atoms with Crippen LogP contribution in [-0.2, 0) is 0 Å². The molecular weight excluding hydrogens is 156 g/mol. The molecule has 0 spiro atoms. The maximum absolute atomic E-state index is 3.86. The van der Waals surface area contributed by atoms with E-state index in [1.165, 1.54) is 44.4 Å². The van der Waals surface area contributed by atoms with Gasteiger partial charge in [-0.2, -0.15) is 0 Å².